The van der Waals surface area contributed by atoms with Crippen molar-refractivity contribution >= 4 is 5.69 Å². The van der Waals surface area contributed by atoms with Crippen LogP contribution in [0.1, 0.15) is 30.9 Å². The molecule has 0 unspecified atom stereocenters. The third-order valence-electron chi connectivity index (χ3n) is 4.50. The van der Waals surface area contributed by atoms with Gasteiger partial charge in [-0.1, -0.05) is 61.9 Å². The van der Waals surface area contributed by atoms with Crippen molar-refractivity contribution in [2.45, 2.75) is 32.7 Å². The van der Waals surface area contributed by atoms with Crippen LogP contribution in [0.3, 0.4) is 0 Å². The van der Waals surface area contributed by atoms with E-state index in [2.05, 4.69) is 60.8 Å². The van der Waals surface area contributed by atoms with Gasteiger partial charge in [0.05, 0.1) is 13.2 Å². The number of hydrogen-bond acceptors (Lipinski definition) is 3. The normalized spacial score (nSPS) is 10.5. The van der Waals surface area contributed by atoms with Gasteiger partial charge in [0.15, 0.2) is 0 Å². The Morgan fingerprint density at radius 3 is 2.25 bits per heavy atom. The molecule has 0 heterocycles. The maximum absolute atomic E-state index is 5.93. The first-order valence-corrected chi connectivity index (χ1v) is 10.1. The Kier molecular flexibility index (Phi) is 7.80. The van der Waals surface area contributed by atoms with E-state index in [1.165, 1.54) is 11.1 Å². The lowest BCUT2D eigenvalue weighted by Gasteiger charge is -2.11. The lowest BCUT2D eigenvalue weighted by molar-refractivity contribution is 0.309. The minimum absolute atomic E-state index is 0.679. The fourth-order valence-corrected chi connectivity index (χ4v) is 2.91. The predicted octanol–water partition coefficient (Wildman–Crippen LogP) is 6.10. The van der Waals surface area contributed by atoms with Crippen molar-refractivity contribution in [3.8, 4) is 11.5 Å². The molecule has 0 saturated carbocycles. The number of anilines is 1. The number of hydrogen-bond donors (Lipinski definition) is 1. The average molecular weight is 376 g/mol. The van der Waals surface area contributed by atoms with Gasteiger partial charge in [0.2, 0.25) is 0 Å². The van der Waals surface area contributed by atoms with Crippen molar-refractivity contribution in [2.24, 2.45) is 0 Å². The van der Waals surface area contributed by atoms with E-state index in [9.17, 15) is 0 Å². The summed E-state index contributed by atoms with van der Waals surface area (Å²) in [4.78, 5) is 0. The van der Waals surface area contributed by atoms with Crippen molar-refractivity contribution < 1.29 is 9.47 Å². The minimum atomic E-state index is 0.679. The molecular weight excluding hydrogens is 346 g/mol. The highest BCUT2D eigenvalue weighted by molar-refractivity contribution is 5.48. The minimum Gasteiger partial charge on any atom is -0.494 e. The molecule has 28 heavy (non-hydrogen) atoms. The van der Waals surface area contributed by atoms with Crippen LogP contribution in [0.4, 0.5) is 5.69 Å². The molecule has 0 saturated heterocycles. The molecule has 146 valence electrons. The summed E-state index contributed by atoms with van der Waals surface area (Å²) in [5, 5.41) is 3.47. The Morgan fingerprint density at radius 1 is 0.714 bits per heavy atom. The average Bonchev–Trinajstić information content (AvgIpc) is 2.74. The van der Waals surface area contributed by atoms with Gasteiger partial charge in [-0.3, -0.25) is 0 Å². The van der Waals surface area contributed by atoms with E-state index in [4.69, 9.17) is 9.47 Å². The first-order valence-electron chi connectivity index (χ1n) is 10.1. The molecule has 1 N–H and O–H groups in total. The van der Waals surface area contributed by atoms with E-state index in [1.807, 2.05) is 30.3 Å². The molecule has 0 bridgehead atoms. The third kappa shape index (κ3) is 6.66. The largest absolute Gasteiger partial charge is 0.494 e. The zero-order valence-corrected chi connectivity index (χ0v) is 16.6. The van der Waals surface area contributed by atoms with Crippen molar-refractivity contribution in [1.82, 2.24) is 0 Å². The van der Waals surface area contributed by atoms with E-state index in [1.54, 1.807) is 0 Å². The van der Waals surface area contributed by atoms with Crippen molar-refractivity contribution in [1.29, 1.82) is 0 Å². The molecule has 0 radical (unpaired) electrons. The van der Waals surface area contributed by atoms with Crippen LogP contribution in [0.25, 0.3) is 0 Å². The summed E-state index contributed by atoms with van der Waals surface area (Å²) in [5.74, 6) is 1.82. The second-order valence-electron chi connectivity index (χ2n) is 6.81. The van der Waals surface area contributed by atoms with Crippen LogP contribution in [0.5, 0.6) is 11.5 Å². The number of nitrogens with one attached hydrogen (secondary N) is 1. The van der Waals surface area contributed by atoms with Crippen LogP contribution in [0, 0.1) is 0 Å². The Hall–Kier alpha value is -2.94. The molecule has 0 fully saturated rings. The molecule has 3 heteroatoms. The second kappa shape index (κ2) is 11.0. The van der Waals surface area contributed by atoms with Crippen LogP contribution in [-0.4, -0.2) is 13.2 Å². The summed E-state index contributed by atoms with van der Waals surface area (Å²) in [6.45, 7) is 4.36. The maximum atomic E-state index is 5.93. The standard InChI is InChI=1S/C25H29NO2/c1-2-3-16-27-25-14-8-12-23(19-25)26-20-22-11-7-13-24(18-22)28-17-15-21-9-5-4-6-10-21/h4-14,18-19,26H,2-3,15-17,20H2,1H3. The van der Waals surface area contributed by atoms with E-state index < -0.39 is 0 Å². The van der Waals surface area contributed by atoms with Crippen LogP contribution in [0.2, 0.25) is 0 Å². The van der Waals surface area contributed by atoms with Gasteiger partial charge in [0.1, 0.15) is 11.5 Å². The number of unbranched alkanes of at least 4 members (excludes halogenated alkanes) is 1. The highest BCUT2D eigenvalue weighted by atomic mass is 16.5. The molecule has 0 aliphatic heterocycles. The molecule has 0 aliphatic rings. The zero-order valence-electron chi connectivity index (χ0n) is 16.6. The smallest absolute Gasteiger partial charge is 0.121 e. The summed E-state index contributed by atoms with van der Waals surface area (Å²) < 4.78 is 11.7. The molecule has 0 spiro atoms. The zero-order chi connectivity index (χ0) is 19.4. The molecule has 0 aliphatic carbocycles. The van der Waals surface area contributed by atoms with Crippen molar-refractivity contribution in [2.75, 3.05) is 18.5 Å². The molecule has 3 nitrogen and oxygen atoms in total. The van der Waals surface area contributed by atoms with Crippen LogP contribution >= 0.6 is 0 Å². The molecule has 3 aromatic carbocycles. The first-order chi connectivity index (χ1) is 13.8. The summed E-state index contributed by atoms with van der Waals surface area (Å²) in [6.07, 6.45) is 3.13. The molecule has 0 aromatic heterocycles. The van der Waals surface area contributed by atoms with Crippen molar-refractivity contribution in [3.63, 3.8) is 0 Å². The number of rotatable bonds is 11. The van der Waals surface area contributed by atoms with Crippen LogP contribution in [-0.2, 0) is 13.0 Å². The van der Waals surface area contributed by atoms with Crippen LogP contribution < -0.4 is 14.8 Å². The third-order valence-corrected chi connectivity index (χ3v) is 4.50. The van der Waals surface area contributed by atoms with E-state index in [-0.39, 0.29) is 0 Å². The summed E-state index contributed by atoms with van der Waals surface area (Å²) in [6, 6.07) is 26.8. The summed E-state index contributed by atoms with van der Waals surface area (Å²) in [5.41, 5.74) is 3.54. The fourth-order valence-electron chi connectivity index (χ4n) is 2.91. The first kappa shape index (κ1) is 19.8. The van der Waals surface area contributed by atoms with Gasteiger partial charge in [0.25, 0.3) is 0 Å². The Morgan fingerprint density at radius 2 is 1.43 bits per heavy atom. The van der Waals surface area contributed by atoms with E-state index in [0.29, 0.717) is 6.61 Å². The molecule has 0 amide bonds. The van der Waals surface area contributed by atoms with Crippen molar-refractivity contribution in [3.05, 3.63) is 90.0 Å². The second-order valence-corrected chi connectivity index (χ2v) is 6.81. The summed E-state index contributed by atoms with van der Waals surface area (Å²) in [7, 11) is 0. The highest BCUT2D eigenvalue weighted by Gasteiger charge is 2.01. The molecule has 3 aromatic rings. The number of benzene rings is 3. The maximum Gasteiger partial charge on any atom is 0.121 e. The summed E-state index contributed by atoms with van der Waals surface area (Å²) >= 11 is 0. The molecule has 3 rings (SSSR count). The van der Waals surface area contributed by atoms with Gasteiger partial charge >= 0.3 is 0 Å². The molecular formula is C25H29NO2. The van der Waals surface area contributed by atoms with E-state index in [0.717, 1.165) is 49.6 Å². The molecule has 0 atom stereocenters. The lowest BCUT2D eigenvalue weighted by Crippen LogP contribution is -2.03. The Bertz CT molecular complexity index is 833. The van der Waals surface area contributed by atoms with Gasteiger partial charge in [0, 0.05) is 24.7 Å². The fraction of sp³-hybridized carbons (Fsp3) is 0.280. The topological polar surface area (TPSA) is 30.5 Å². The van der Waals surface area contributed by atoms with Gasteiger partial charge in [-0.25, -0.2) is 0 Å². The van der Waals surface area contributed by atoms with Crippen LogP contribution in [0.15, 0.2) is 78.9 Å². The predicted molar refractivity (Wildman–Crippen MR) is 116 cm³/mol. The quantitative estimate of drug-likeness (QED) is 0.411. The van der Waals surface area contributed by atoms with Gasteiger partial charge in [-0.05, 0) is 41.8 Å². The van der Waals surface area contributed by atoms with Gasteiger partial charge in [-0.2, -0.15) is 0 Å². The van der Waals surface area contributed by atoms with Gasteiger partial charge in [-0.15, -0.1) is 0 Å². The Balaban J connectivity index is 1.48. The Labute approximate surface area is 168 Å². The highest BCUT2D eigenvalue weighted by Crippen LogP contribution is 2.20. The SMILES string of the molecule is CCCCOc1cccc(NCc2cccc(OCCc3ccccc3)c2)c1. The lowest BCUT2D eigenvalue weighted by atomic mass is 10.2. The monoisotopic (exact) mass is 375 g/mol. The number of ether oxygens (including phenoxy) is 2. The van der Waals surface area contributed by atoms with E-state index >= 15 is 0 Å². The van der Waals surface area contributed by atoms with Gasteiger partial charge < -0.3 is 14.8 Å².